The largest absolute Gasteiger partial charge is 0.396 e. The fourth-order valence-corrected chi connectivity index (χ4v) is 1.01. The van der Waals surface area contributed by atoms with E-state index >= 15 is 0 Å². The van der Waals surface area contributed by atoms with Crippen molar-refractivity contribution in [3.8, 4) is 0 Å². The van der Waals surface area contributed by atoms with Gasteiger partial charge in [0.2, 0.25) is 0 Å². The Bertz CT molecular complexity index is 39.1. The molecule has 0 aliphatic rings. The van der Waals surface area contributed by atoms with Crippen LogP contribution in [0.2, 0.25) is 0 Å². The second-order valence-corrected chi connectivity index (χ2v) is 2.65. The van der Waals surface area contributed by atoms with Crippen LogP contribution in [0.5, 0.6) is 0 Å². The van der Waals surface area contributed by atoms with Gasteiger partial charge in [-0.2, -0.15) is 11.8 Å². The molecule has 1 N–H and O–H groups in total. The Hall–Kier alpha value is 0.310. The van der Waals surface area contributed by atoms with Crippen LogP contribution in [0, 0.1) is 5.92 Å². The molecule has 0 amide bonds. The summed E-state index contributed by atoms with van der Waals surface area (Å²) >= 11 is 1.77. The molecule has 1 atom stereocenters. The van der Waals surface area contributed by atoms with Crippen molar-refractivity contribution >= 4 is 11.8 Å². The van der Waals surface area contributed by atoms with Crippen molar-refractivity contribution in [2.45, 2.75) is 6.92 Å². The Kier molecular flexibility index (Phi) is 4.67. The lowest BCUT2D eigenvalue weighted by Crippen LogP contribution is -2.02. The molecule has 0 radical (unpaired) electrons. The van der Waals surface area contributed by atoms with E-state index in [1.165, 1.54) is 0 Å². The monoisotopic (exact) mass is 120 g/mol. The molecule has 0 saturated carbocycles. The molecule has 0 spiro atoms. The number of aliphatic hydroxyl groups excluding tert-OH is 1. The lowest BCUT2D eigenvalue weighted by atomic mass is 10.2. The SMILES string of the molecule is CSC[C@@H](C)CO. The normalized spacial score (nSPS) is 14.1. The van der Waals surface area contributed by atoms with Crippen LogP contribution in [0.1, 0.15) is 6.92 Å². The van der Waals surface area contributed by atoms with Gasteiger partial charge in [-0.3, -0.25) is 0 Å². The molecular weight excluding hydrogens is 108 g/mol. The van der Waals surface area contributed by atoms with Crippen LogP contribution in [0.3, 0.4) is 0 Å². The first-order chi connectivity index (χ1) is 3.31. The van der Waals surface area contributed by atoms with Gasteiger partial charge in [-0.25, -0.2) is 0 Å². The zero-order valence-corrected chi connectivity index (χ0v) is 5.66. The summed E-state index contributed by atoms with van der Waals surface area (Å²) in [7, 11) is 0. The summed E-state index contributed by atoms with van der Waals surface area (Å²) in [5.41, 5.74) is 0. The molecule has 0 aromatic carbocycles. The predicted octanol–water partition coefficient (Wildman–Crippen LogP) is 0.978. The maximum absolute atomic E-state index is 8.45. The maximum Gasteiger partial charge on any atom is 0.0464 e. The Morgan fingerprint density at radius 3 is 2.43 bits per heavy atom. The van der Waals surface area contributed by atoms with Gasteiger partial charge >= 0.3 is 0 Å². The first-order valence-electron chi connectivity index (χ1n) is 2.41. The van der Waals surface area contributed by atoms with Crippen molar-refractivity contribution in [2.75, 3.05) is 18.6 Å². The minimum absolute atomic E-state index is 0.320. The van der Waals surface area contributed by atoms with Gasteiger partial charge in [-0.05, 0) is 17.9 Å². The highest BCUT2D eigenvalue weighted by Crippen LogP contribution is 2.01. The summed E-state index contributed by atoms with van der Waals surface area (Å²) in [5, 5.41) is 8.45. The van der Waals surface area contributed by atoms with E-state index in [1.807, 2.05) is 13.2 Å². The molecule has 1 nitrogen and oxygen atoms in total. The van der Waals surface area contributed by atoms with Gasteiger partial charge in [0.25, 0.3) is 0 Å². The van der Waals surface area contributed by atoms with Crippen LogP contribution in [-0.4, -0.2) is 23.7 Å². The average Bonchev–Trinajstić information content (AvgIpc) is 1.68. The van der Waals surface area contributed by atoms with E-state index in [0.717, 1.165) is 5.75 Å². The Morgan fingerprint density at radius 1 is 1.71 bits per heavy atom. The fraction of sp³-hybridized carbons (Fsp3) is 1.00. The highest BCUT2D eigenvalue weighted by Gasteiger charge is 1.94. The van der Waals surface area contributed by atoms with Gasteiger partial charge in [0.1, 0.15) is 0 Å². The molecular formula is C5H12OS. The van der Waals surface area contributed by atoms with Crippen molar-refractivity contribution in [2.24, 2.45) is 5.92 Å². The molecule has 44 valence electrons. The van der Waals surface area contributed by atoms with Gasteiger partial charge in [-0.15, -0.1) is 0 Å². The molecule has 0 aliphatic heterocycles. The Labute approximate surface area is 49.1 Å². The summed E-state index contributed by atoms with van der Waals surface area (Å²) in [4.78, 5) is 0. The Morgan fingerprint density at radius 2 is 2.29 bits per heavy atom. The lowest BCUT2D eigenvalue weighted by Gasteiger charge is -2.01. The average molecular weight is 120 g/mol. The molecule has 7 heavy (non-hydrogen) atoms. The second kappa shape index (κ2) is 4.47. The molecule has 0 heterocycles. The van der Waals surface area contributed by atoms with Crippen molar-refractivity contribution in [3.05, 3.63) is 0 Å². The van der Waals surface area contributed by atoms with Crippen LogP contribution in [-0.2, 0) is 0 Å². The van der Waals surface area contributed by atoms with Gasteiger partial charge in [0.05, 0.1) is 0 Å². The summed E-state index contributed by atoms with van der Waals surface area (Å²) in [6.45, 7) is 2.36. The molecule has 0 unspecified atom stereocenters. The number of aliphatic hydroxyl groups is 1. The second-order valence-electron chi connectivity index (χ2n) is 1.74. The number of rotatable bonds is 3. The first kappa shape index (κ1) is 7.31. The molecule has 0 rings (SSSR count). The van der Waals surface area contributed by atoms with E-state index in [1.54, 1.807) is 11.8 Å². The minimum Gasteiger partial charge on any atom is -0.396 e. The number of hydrogen-bond donors (Lipinski definition) is 1. The maximum atomic E-state index is 8.45. The van der Waals surface area contributed by atoms with Crippen molar-refractivity contribution < 1.29 is 5.11 Å². The molecule has 0 aliphatic carbocycles. The summed E-state index contributed by atoms with van der Waals surface area (Å²) in [6.07, 6.45) is 2.05. The molecule has 0 aromatic rings. The van der Waals surface area contributed by atoms with E-state index in [9.17, 15) is 0 Å². The Balaban J connectivity index is 2.83. The zero-order chi connectivity index (χ0) is 5.70. The van der Waals surface area contributed by atoms with Crippen molar-refractivity contribution in [3.63, 3.8) is 0 Å². The number of thioether (sulfide) groups is 1. The van der Waals surface area contributed by atoms with E-state index in [-0.39, 0.29) is 0 Å². The topological polar surface area (TPSA) is 20.2 Å². The van der Waals surface area contributed by atoms with Gasteiger partial charge < -0.3 is 5.11 Å². The molecule has 0 bridgehead atoms. The predicted molar refractivity (Wildman–Crippen MR) is 34.6 cm³/mol. The van der Waals surface area contributed by atoms with Crippen molar-refractivity contribution in [1.82, 2.24) is 0 Å². The lowest BCUT2D eigenvalue weighted by molar-refractivity contribution is 0.250. The summed E-state index contributed by atoms with van der Waals surface area (Å²) in [5.74, 6) is 1.53. The van der Waals surface area contributed by atoms with Crippen molar-refractivity contribution in [1.29, 1.82) is 0 Å². The first-order valence-corrected chi connectivity index (χ1v) is 3.80. The summed E-state index contributed by atoms with van der Waals surface area (Å²) in [6, 6.07) is 0. The van der Waals surface area contributed by atoms with E-state index in [0.29, 0.717) is 12.5 Å². The molecule has 0 saturated heterocycles. The molecule has 0 aromatic heterocycles. The molecule has 0 fully saturated rings. The van der Waals surface area contributed by atoms with Crippen LogP contribution in [0.15, 0.2) is 0 Å². The van der Waals surface area contributed by atoms with Gasteiger partial charge in [0, 0.05) is 6.61 Å². The van der Waals surface area contributed by atoms with Crippen LogP contribution in [0.25, 0.3) is 0 Å². The van der Waals surface area contributed by atoms with Gasteiger partial charge in [-0.1, -0.05) is 6.92 Å². The van der Waals surface area contributed by atoms with E-state index in [2.05, 4.69) is 0 Å². The molecule has 2 heteroatoms. The smallest absolute Gasteiger partial charge is 0.0464 e. The van der Waals surface area contributed by atoms with Crippen LogP contribution < -0.4 is 0 Å². The highest BCUT2D eigenvalue weighted by atomic mass is 32.2. The number of hydrogen-bond acceptors (Lipinski definition) is 2. The fourth-order valence-electron chi connectivity index (χ4n) is 0.337. The third-order valence-electron chi connectivity index (χ3n) is 0.763. The highest BCUT2D eigenvalue weighted by molar-refractivity contribution is 7.98. The van der Waals surface area contributed by atoms with E-state index < -0.39 is 0 Å². The third-order valence-corrected chi connectivity index (χ3v) is 1.67. The van der Waals surface area contributed by atoms with Crippen LogP contribution in [0.4, 0.5) is 0 Å². The third kappa shape index (κ3) is 4.16. The minimum atomic E-state index is 0.320. The quantitative estimate of drug-likeness (QED) is 0.599. The van der Waals surface area contributed by atoms with Crippen LogP contribution >= 0.6 is 11.8 Å². The zero-order valence-electron chi connectivity index (χ0n) is 4.85. The summed E-state index contributed by atoms with van der Waals surface area (Å²) < 4.78 is 0. The van der Waals surface area contributed by atoms with E-state index in [4.69, 9.17) is 5.11 Å². The standard InChI is InChI=1S/C5H12OS/c1-5(3-6)4-7-2/h5-6H,3-4H2,1-2H3/t5-/m0/s1. The van der Waals surface area contributed by atoms with Gasteiger partial charge in [0.15, 0.2) is 0 Å².